The summed E-state index contributed by atoms with van der Waals surface area (Å²) in [7, 11) is 1.65. The van der Waals surface area contributed by atoms with Crippen LogP contribution in [0.4, 0.5) is 11.4 Å². The Hall–Kier alpha value is -2.16. The highest BCUT2D eigenvalue weighted by Gasteiger charge is 2.01. The van der Waals surface area contributed by atoms with Crippen molar-refractivity contribution in [3.63, 3.8) is 0 Å². The Morgan fingerprint density at radius 2 is 1.62 bits per heavy atom. The summed E-state index contributed by atoms with van der Waals surface area (Å²) in [6.45, 7) is 0. The molecule has 0 heterocycles. The van der Waals surface area contributed by atoms with E-state index < -0.39 is 0 Å². The Morgan fingerprint density at radius 1 is 0.875 bits per heavy atom. The number of methoxy groups -OCH3 is 1. The van der Waals surface area contributed by atoms with Gasteiger partial charge in [-0.1, -0.05) is 18.2 Å². The quantitative estimate of drug-likeness (QED) is 0.755. The van der Waals surface area contributed by atoms with Gasteiger partial charge in [-0.2, -0.15) is 0 Å². The summed E-state index contributed by atoms with van der Waals surface area (Å²) in [4.78, 5) is 0. The summed E-state index contributed by atoms with van der Waals surface area (Å²) < 4.78 is 5.17. The fourth-order valence-electron chi connectivity index (χ4n) is 1.56. The van der Waals surface area contributed by atoms with E-state index in [1.54, 1.807) is 7.11 Å². The van der Waals surface area contributed by atoms with E-state index in [9.17, 15) is 0 Å². The van der Waals surface area contributed by atoms with Crippen LogP contribution in [0.2, 0.25) is 0 Å². The van der Waals surface area contributed by atoms with Crippen molar-refractivity contribution < 1.29 is 4.74 Å². The number of ether oxygens (including phenoxy) is 1. The molecule has 0 spiro atoms. The molecule has 3 nitrogen and oxygen atoms in total. The molecule has 0 atom stereocenters. The molecule has 0 saturated carbocycles. The minimum atomic E-state index is 0.598. The van der Waals surface area contributed by atoms with Crippen molar-refractivity contribution in [2.75, 3.05) is 18.6 Å². The van der Waals surface area contributed by atoms with Crippen LogP contribution in [-0.4, -0.2) is 7.11 Å². The highest BCUT2D eigenvalue weighted by molar-refractivity contribution is 5.75. The summed E-state index contributed by atoms with van der Waals surface area (Å²) in [5, 5.41) is 0. The second kappa shape index (κ2) is 4.14. The molecule has 0 radical (unpaired) electrons. The molecule has 3 heteroatoms. The summed E-state index contributed by atoms with van der Waals surface area (Å²) in [6.07, 6.45) is 0. The molecule has 0 bridgehead atoms. The molecule has 0 saturated heterocycles. The standard InChI is InChI=1S/C13H14N2O/c1-16-11-4-2-3-9(7-11)10-5-6-12(14)13(15)8-10/h2-8H,14-15H2,1H3. The maximum absolute atomic E-state index is 5.77. The lowest BCUT2D eigenvalue weighted by molar-refractivity contribution is 0.415. The van der Waals surface area contributed by atoms with E-state index in [0.717, 1.165) is 16.9 Å². The molecule has 16 heavy (non-hydrogen) atoms. The molecule has 2 aromatic carbocycles. The highest BCUT2D eigenvalue weighted by Crippen LogP contribution is 2.27. The van der Waals surface area contributed by atoms with Gasteiger partial charge in [-0.05, 0) is 35.4 Å². The zero-order valence-corrected chi connectivity index (χ0v) is 9.10. The van der Waals surface area contributed by atoms with Gasteiger partial charge >= 0.3 is 0 Å². The van der Waals surface area contributed by atoms with Crippen molar-refractivity contribution in [1.82, 2.24) is 0 Å². The maximum Gasteiger partial charge on any atom is 0.119 e. The van der Waals surface area contributed by atoms with E-state index in [4.69, 9.17) is 16.2 Å². The predicted octanol–water partition coefficient (Wildman–Crippen LogP) is 2.53. The Balaban J connectivity index is 2.46. The molecule has 0 unspecified atom stereocenters. The number of nitrogen functional groups attached to an aromatic ring is 2. The number of hydrogen-bond donors (Lipinski definition) is 2. The van der Waals surface area contributed by atoms with Crippen LogP contribution in [0.1, 0.15) is 0 Å². The van der Waals surface area contributed by atoms with Gasteiger partial charge in [-0.3, -0.25) is 0 Å². The molecule has 0 fully saturated rings. The van der Waals surface area contributed by atoms with Crippen LogP contribution in [0.3, 0.4) is 0 Å². The van der Waals surface area contributed by atoms with Crippen LogP contribution in [0.15, 0.2) is 42.5 Å². The molecule has 2 rings (SSSR count). The third-order valence-electron chi connectivity index (χ3n) is 2.49. The van der Waals surface area contributed by atoms with E-state index in [0.29, 0.717) is 11.4 Å². The predicted molar refractivity (Wildman–Crippen MR) is 67.3 cm³/mol. The van der Waals surface area contributed by atoms with Gasteiger partial charge in [-0.15, -0.1) is 0 Å². The molecule has 0 aliphatic heterocycles. The van der Waals surface area contributed by atoms with Crippen LogP contribution in [0.5, 0.6) is 5.75 Å². The van der Waals surface area contributed by atoms with Crippen molar-refractivity contribution in [2.45, 2.75) is 0 Å². The average molecular weight is 214 g/mol. The van der Waals surface area contributed by atoms with E-state index in [1.165, 1.54) is 0 Å². The third kappa shape index (κ3) is 1.93. The SMILES string of the molecule is COc1cccc(-c2ccc(N)c(N)c2)c1. The first-order valence-corrected chi connectivity index (χ1v) is 5.00. The first-order valence-electron chi connectivity index (χ1n) is 5.00. The summed E-state index contributed by atoms with van der Waals surface area (Å²) in [5.41, 5.74) is 14.7. The van der Waals surface area contributed by atoms with Crippen LogP contribution < -0.4 is 16.2 Å². The largest absolute Gasteiger partial charge is 0.497 e. The van der Waals surface area contributed by atoms with Gasteiger partial charge in [0.05, 0.1) is 18.5 Å². The fourth-order valence-corrected chi connectivity index (χ4v) is 1.56. The first kappa shape index (κ1) is 10.4. The summed E-state index contributed by atoms with van der Waals surface area (Å²) >= 11 is 0. The Morgan fingerprint density at radius 3 is 2.31 bits per heavy atom. The molecular weight excluding hydrogens is 200 g/mol. The highest BCUT2D eigenvalue weighted by atomic mass is 16.5. The van der Waals surface area contributed by atoms with E-state index in [2.05, 4.69) is 0 Å². The van der Waals surface area contributed by atoms with Crippen molar-refractivity contribution in [2.24, 2.45) is 0 Å². The lowest BCUT2D eigenvalue weighted by Gasteiger charge is -2.07. The van der Waals surface area contributed by atoms with Gasteiger partial charge in [0.25, 0.3) is 0 Å². The van der Waals surface area contributed by atoms with E-state index >= 15 is 0 Å². The third-order valence-corrected chi connectivity index (χ3v) is 2.49. The number of rotatable bonds is 2. The van der Waals surface area contributed by atoms with Crippen LogP contribution in [0, 0.1) is 0 Å². The molecule has 82 valence electrons. The maximum atomic E-state index is 5.77. The second-order valence-corrected chi connectivity index (χ2v) is 3.58. The smallest absolute Gasteiger partial charge is 0.119 e. The fraction of sp³-hybridized carbons (Fsp3) is 0.0769. The van der Waals surface area contributed by atoms with Gasteiger partial charge in [-0.25, -0.2) is 0 Å². The van der Waals surface area contributed by atoms with Gasteiger partial charge in [0.1, 0.15) is 5.75 Å². The van der Waals surface area contributed by atoms with Crippen molar-refractivity contribution in [3.8, 4) is 16.9 Å². The molecular formula is C13H14N2O. The Labute approximate surface area is 94.6 Å². The lowest BCUT2D eigenvalue weighted by atomic mass is 10.0. The zero-order chi connectivity index (χ0) is 11.5. The van der Waals surface area contributed by atoms with Crippen LogP contribution in [0.25, 0.3) is 11.1 Å². The summed E-state index contributed by atoms with van der Waals surface area (Å²) in [5.74, 6) is 0.827. The minimum absolute atomic E-state index is 0.598. The Kier molecular flexibility index (Phi) is 2.68. The van der Waals surface area contributed by atoms with Crippen molar-refractivity contribution >= 4 is 11.4 Å². The van der Waals surface area contributed by atoms with E-state index in [-0.39, 0.29) is 0 Å². The van der Waals surface area contributed by atoms with Crippen molar-refractivity contribution in [1.29, 1.82) is 0 Å². The number of hydrogen-bond acceptors (Lipinski definition) is 3. The Bertz CT molecular complexity index is 509. The summed E-state index contributed by atoms with van der Waals surface area (Å²) in [6, 6.07) is 13.4. The van der Waals surface area contributed by atoms with Crippen LogP contribution >= 0.6 is 0 Å². The molecule has 4 N–H and O–H groups in total. The molecule has 0 aliphatic rings. The minimum Gasteiger partial charge on any atom is -0.497 e. The first-order chi connectivity index (χ1) is 7.70. The van der Waals surface area contributed by atoms with Crippen molar-refractivity contribution in [3.05, 3.63) is 42.5 Å². The lowest BCUT2D eigenvalue weighted by Crippen LogP contribution is -1.94. The molecule has 2 aromatic rings. The molecule has 0 aliphatic carbocycles. The monoisotopic (exact) mass is 214 g/mol. The van der Waals surface area contributed by atoms with Gasteiger partial charge in [0, 0.05) is 0 Å². The van der Waals surface area contributed by atoms with Gasteiger partial charge < -0.3 is 16.2 Å². The number of nitrogens with two attached hydrogens (primary N) is 2. The topological polar surface area (TPSA) is 61.3 Å². The van der Waals surface area contributed by atoms with Gasteiger partial charge in [0.2, 0.25) is 0 Å². The van der Waals surface area contributed by atoms with Crippen LogP contribution in [-0.2, 0) is 0 Å². The average Bonchev–Trinajstić information content (AvgIpc) is 2.33. The molecule has 0 amide bonds. The number of anilines is 2. The number of benzene rings is 2. The van der Waals surface area contributed by atoms with Gasteiger partial charge in [0.15, 0.2) is 0 Å². The van der Waals surface area contributed by atoms with E-state index in [1.807, 2.05) is 42.5 Å². The molecule has 0 aromatic heterocycles. The second-order valence-electron chi connectivity index (χ2n) is 3.58. The normalized spacial score (nSPS) is 10.1. The zero-order valence-electron chi connectivity index (χ0n) is 9.10.